The van der Waals surface area contributed by atoms with Crippen molar-refractivity contribution in [1.82, 2.24) is 5.32 Å². The third-order valence-corrected chi connectivity index (χ3v) is 5.13. The van der Waals surface area contributed by atoms with Gasteiger partial charge >= 0.3 is 5.97 Å². The van der Waals surface area contributed by atoms with E-state index >= 15 is 0 Å². The lowest BCUT2D eigenvalue weighted by Crippen LogP contribution is -2.23. The van der Waals surface area contributed by atoms with E-state index in [1.807, 2.05) is 62.4 Å². The number of hydrogen-bond acceptors (Lipinski definition) is 3. The quantitative estimate of drug-likeness (QED) is 0.413. The molecule has 0 heterocycles. The Kier molecular flexibility index (Phi) is 7.76. The van der Waals surface area contributed by atoms with Crippen LogP contribution in [0, 0.1) is 0 Å². The van der Waals surface area contributed by atoms with Gasteiger partial charge in [0.1, 0.15) is 0 Å². The van der Waals surface area contributed by atoms with Gasteiger partial charge in [-0.3, -0.25) is 0 Å². The zero-order valence-electron chi connectivity index (χ0n) is 18.0. The van der Waals surface area contributed by atoms with Crippen LogP contribution < -0.4 is 5.32 Å². The molecule has 3 rings (SSSR count). The van der Waals surface area contributed by atoms with Crippen LogP contribution in [0.4, 0.5) is 0 Å². The van der Waals surface area contributed by atoms with E-state index in [0.29, 0.717) is 12.1 Å². The van der Waals surface area contributed by atoms with E-state index < -0.39 is 12.1 Å². The summed E-state index contributed by atoms with van der Waals surface area (Å²) in [5.74, 6) is -0.917. The first-order valence-electron chi connectivity index (χ1n) is 10.5. The molecule has 3 N–H and O–H groups in total. The van der Waals surface area contributed by atoms with Gasteiger partial charge in [-0.05, 0) is 66.8 Å². The average Bonchev–Trinajstić information content (AvgIpc) is 2.77. The zero-order valence-corrected chi connectivity index (χ0v) is 18.0. The number of carboxylic acid groups (broad SMARTS) is 1. The lowest BCUT2D eigenvalue weighted by molar-refractivity contribution is 0.0696. The molecule has 0 radical (unpaired) electrons. The fourth-order valence-corrected chi connectivity index (χ4v) is 3.50. The van der Waals surface area contributed by atoms with E-state index in [4.69, 9.17) is 0 Å². The number of benzene rings is 3. The SMILES string of the molecule is CC(C)=Cc1cc(-c2ccc(CCNC[C@@H](O)c3ccccc3)cc2)ccc1C(=O)O. The molecule has 31 heavy (non-hydrogen) atoms. The van der Waals surface area contributed by atoms with Crippen molar-refractivity contribution >= 4 is 12.0 Å². The highest BCUT2D eigenvalue weighted by atomic mass is 16.4. The fraction of sp³-hybridized carbons (Fsp3) is 0.222. The smallest absolute Gasteiger partial charge is 0.336 e. The highest BCUT2D eigenvalue weighted by molar-refractivity contribution is 5.93. The maximum absolute atomic E-state index is 11.5. The largest absolute Gasteiger partial charge is 0.478 e. The van der Waals surface area contributed by atoms with Gasteiger partial charge in [-0.15, -0.1) is 0 Å². The van der Waals surface area contributed by atoms with Crippen LogP contribution in [-0.4, -0.2) is 29.3 Å². The van der Waals surface area contributed by atoms with Crippen molar-refractivity contribution in [1.29, 1.82) is 0 Å². The van der Waals surface area contributed by atoms with Gasteiger partial charge in [-0.1, -0.05) is 72.3 Å². The molecule has 0 aromatic heterocycles. The summed E-state index contributed by atoms with van der Waals surface area (Å²) in [6, 6.07) is 23.4. The highest BCUT2D eigenvalue weighted by Gasteiger charge is 2.10. The first-order valence-corrected chi connectivity index (χ1v) is 10.5. The van der Waals surface area contributed by atoms with Crippen molar-refractivity contribution in [2.24, 2.45) is 0 Å². The van der Waals surface area contributed by atoms with Crippen LogP contribution in [0.3, 0.4) is 0 Å². The van der Waals surface area contributed by atoms with Crippen LogP contribution in [0.5, 0.6) is 0 Å². The Labute approximate surface area is 183 Å². The van der Waals surface area contributed by atoms with E-state index in [1.54, 1.807) is 6.07 Å². The van der Waals surface area contributed by atoms with E-state index in [9.17, 15) is 15.0 Å². The van der Waals surface area contributed by atoms with E-state index in [1.165, 1.54) is 5.56 Å². The summed E-state index contributed by atoms with van der Waals surface area (Å²) in [5, 5.41) is 22.9. The van der Waals surface area contributed by atoms with Gasteiger partial charge < -0.3 is 15.5 Å². The van der Waals surface area contributed by atoms with Gasteiger partial charge in [-0.25, -0.2) is 4.79 Å². The second-order valence-corrected chi connectivity index (χ2v) is 7.91. The van der Waals surface area contributed by atoms with Gasteiger partial charge in [-0.2, -0.15) is 0 Å². The number of aliphatic hydroxyl groups is 1. The Hall–Kier alpha value is -3.21. The normalized spacial score (nSPS) is 11.7. The Balaban J connectivity index is 1.60. The molecule has 0 aliphatic rings. The fourth-order valence-electron chi connectivity index (χ4n) is 3.50. The number of aromatic carboxylic acids is 1. The van der Waals surface area contributed by atoms with Gasteiger partial charge in [0.25, 0.3) is 0 Å². The molecule has 0 aliphatic carbocycles. The summed E-state index contributed by atoms with van der Waals surface area (Å²) >= 11 is 0. The number of carbonyl (C=O) groups is 1. The number of aliphatic hydroxyl groups excluding tert-OH is 1. The molecule has 0 bridgehead atoms. The Morgan fingerprint density at radius 2 is 1.65 bits per heavy atom. The van der Waals surface area contributed by atoms with Crippen LogP contribution in [0.2, 0.25) is 0 Å². The third kappa shape index (κ3) is 6.38. The summed E-state index contributed by atoms with van der Waals surface area (Å²) in [7, 11) is 0. The predicted octanol–water partition coefficient (Wildman–Crippen LogP) is 5.34. The summed E-state index contributed by atoms with van der Waals surface area (Å²) in [5.41, 5.74) is 6.25. The predicted molar refractivity (Wildman–Crippen MR) is 126 cm³/mol. The molecule has 0 fully saturated rings. The minimum atomic E-state index is -0.917. The van der Waals surface area contributed by atoms with Gasteiger partial charge in [0.2, 0.25) is 0 Å². The monoisotopic (exact) mass is 415 g/mol. The molecule has 160 valence electrons. The molecule has 3 aromatic carbocycles. The molecule has 4 heteroatoms. The molecule has 0 spiro atoms. The van der Waals surface area contributed by atoms with Gasteiger partial charge in [0, 0.05) is 6.54 Å². The number of nitrogens with one attached hydrogen (secondary N) is 1. The third-order valence-electron chi connectivity index (χ3n) is 5.13. The van der Waals surface area contributed by atoms with E-state index in [-0.39, 0.29) is 0 Å². The Bertz CT molecular complexity index is 1040. The Morgan fingerprint density at radius 3 is 2.29 bits per heavy atom. The van der Waals surface area contributed by atoms with Crippen molar-refractivity contribution < 1.29 is 15.0 Å². The molecule has 0 saturated heterocycles. The molecular formula is C27H29NO3. The number of rotatable bonds is 9. The summed E-state index contributed by atoms with van der Waals surface area (Å²) in [4.78, 5) is 11.5. The maximum atomic E-state index is 11.5. The standard InChI is InChI=1S/C27H29NO3/c1-19(2)16-24-17-23(12-13-25(24)27(30)31)21-10-8-20(9-11-21)14-15-28-18-26(29)22-6-4-3-5-7-22/h3-13,16-17,26,28-29H,14-15,18H2,1-2H3,(H,30,31)/t26-/m1/s1. The molecular weight excluding hydrogens is 386 g/mol. The maximum Gasteiger partial charge on any atom is 0.336 e. The van der Waals surface area contributed by atoms with Crippen molar-refractivity contribution in [3.63, 3.8) is 0 Å². The first kappa shape index (κ1) is 22.5. The minimum Gasteiger partial charge on any atom is -0.478 e. The lowest BCUT2D eigenvalue weighted by Gasteiger charge is -2.12. The summed E-state index contributed by atoms with van der Waals surface area (Å²) in [6.45, 7) is 5.21. The van der Waals surface area contributed by atoms with Crippen molar-refractivity contribution in [3.05, 3.63) is 101 Å². The van der Waals surface area contributed by atoms with Gasteiger partial charge in [0.05, 0.1) is 11.7 Å². The number of carboxylic acids is 1. The van der Waals surface area contributed by atoms with Crippen LogP contribution in [0.25, 0.3) is 17.2 Å². The van der Waals surface area contributed by atoms with Crippen LogP contribution in [0.15, 0.2) is 78.4 Å². The molecule has 0 unspecified atom stereocenters. The molecule has 0 aliphatic heterocycles. The molecule has 0 amide bonds. The van der Waals surface area contributed by atoms with Crippen molar-refractivity contribution in [2.45, 2.75) is 26.4 Å². The highest BCUT2D eigenvalue weighted by Crippen LogP contribution is 2.25. The molecule has 0 saturated carbocycles. The van der Waals surface area contributed by atoms with Crippen molar-refractivity contribution in [2.75, 3.05) is 13.1 Å². The number of allylic oxidation sites excluding steroid dienone is 1. The minimum absolute atomic E-state index is 0.310. The molecule has 3 aromatic rings. The van der Waals surface area contributed by atoms with E-state index in [0.717, 1.165) is 40.8 Å². The van der Waals surface area contributed by atoms with Crippen LogP contribution in [-0.2, 0) is 6.42 Å². The first-order chi connectivity index (χ1) is 14.9. The van der Waals surface area contributed by atoms with Crippen LogP contribution >= 0.6 is 0 Å². The number of hydrogen-bond donors (Lipinski definition) is 3. The average molecular weight is 416 g/mol. The summed E-state index contributed by atoms with van der Waals surface area (Å²) < 4.78 is 0. The van der Waals surface area contributed by atoms with Gasteiger partial charge in [0.15, 0.2) is 0 Å². The zero-order chi connectivity index (χ0) is 22.2. The molecule has 4 nitrogen and oxygen atoms in total. The summed E-state index contributed by atoms with van der Waals surface area (Å²) in [6.07, 6.45) is 2.26. The second-order valence-electron chi connectivity index (χ2n) is 7.91. The van der Waals surface area contributed by atoms with Crippen molar-refractivity contribution in [3.8, 4) is 11.1 Å². The van der Waals surface area contributed by atoms with Crippen LogP contribution in [0.1, 0.15) is 47.0 Å². The molecule has 1 atom stereocenters. The lowest BCUT2D eigenvalue weighted by atomic mass is 9.97. The second kappa shape index (κ2) is 10.7. The topological polar surface area (TPSA) is 69.6 Å². The van der Waals surface area contributed by atoms with E-state index in [2.05, 4.69) is 29.6 Å². The Morgan fingerprint density at radius 1 is 0.968 bits per heavy atom.